The zero-order chi connectivity index (χ0) is 25.1. The average Bonchev–Trinajstić information content (AvgIpc) is 3.67. The first-order valence-electron chi connectivity index (χ1n) is 12.6. The van der Waals surface area contributed by atoms with E-state index in [0.717, 1.165) is 60.6 Å². The second-order valence-corrected chi connectivity index (χ2v) is 11.3. The Morgan fingerprint density at radius 1 is 0.972 bits per heavy atom. The Balaban J connectivity index is 1.46. The highest BCUT2D eigenvalue weighted by Gasteiger charge is 2.38. The number of sulfonamides is 1. The summed E-state index contributed by atoms with van der Waals surface area (Å²) in [6.07, 6.45) is 8.88. The topological polar surface area (TPSA) is 96.6 Å². The van der Waals surface area contributed by atoms with Crippen molar-refractivity contribution >= 4 is 21.8 Å². The van der Waals surface area contributed by atoms with E-state index in [2.05, 4.69) is 4.72 Å². The van der Waals surface area contributed by atoms with Crippen molar-refractivity contribution in [3.8, 4) is 5.75 Å². The number of benzene rings is 2. The highest BCUT2D eigenvalue weighted by molar-refractivity contribution is 7.95. The van der Waals surface area contributed by atoms with Crippen LogP contribution in [-0.4, -0.2) is 13.5 Å². The fourth-order valence-corrected chi connectivity index (χ4v) is 5.98. The molecule has 188 valence electrons. The van der Waals surface area contributed by atoms with Crippen LogP contribution in [0.15, 0.2) is 69.2 Å². The Bertz CT molecular complexity index is 1420. The predicted molar refractivity (Wildman–Crippen MR) is 142 cm³/mol. The van der Waals surface area contributed by atoms with Crippen LogP contribution in [0.5, 0.6) is 5.75 Å². The third kappa shape index (κ3) is 5.57. The Labute approximate surface area is 211 Å². The van der Waals surface area contributed by atoms with Crippen LogP contribution in [0, 0.1) is 5.92 Å². The van der Waals surface area contributed by atoms with E-state index in [9.17, 15) is 18.3 Å². The Morgan fingerprint density at radius 2 is 1.72 bits per heavy atom. The second-order valence-electron chi connectivity index (χ2n) is 9.77. The molecule has 2 aromatic carbocycles. The predicted octanol–water partition coefficient (Wildman–Crippen LogP) is 5.96. The summed E-state index contributed by atoms with van der Waals surface area (Å²) in [6.45, 7) is 0. The summed E-state index contributed by atoms with van der Waals surface area (Å²) in [5.74, 6) is 0.538. The van der Waals surface area contributed by atoms with Crippen molar-refractivity contribution < 1.29 is 17.9 Å². The summed E-state index contributed by atoms with van der Waals surface area (Å²) in [6, 6.07) is 16.3. The van der Waals surface area contributed by atoms with Crippen LogP contribution in [-0.2, 0) is 22.9 Å². The third-order valence-corrected chi connectivity index (χ3v) is 8.06. The first-order valence-corrected chi connectivity index (χ1v) is 14.2. The van der Waals surface area contributed by atoms with E-state index in [1.165, 1.54) is 0 Å². The number of aromatic hydroxyl groups is 1. The van der Waals surface area contributed by atoms with E-state index >= 15 is 0 Å². The van der Waals surface area contributed by atoms with Crippen LogP contribution in [0.25, 0.3) is 6.08 Å². The Hall–Kier alpha value is -3.32. The molecule has 1 saturated carbocycles. The fraction of sp³-hybridized carbons (Fsp3) is 0.345. The van der Waals surface area contributed by atoms with Crippen molar-refractivity contribution in [3.63, 3.8) is 0 Å². The van der Waals surface area contributed by atoms with Crippen molar-refractivity contribution in [3.05, 3.63) is 98.4 Å². The molecule has 7 heteroatoms. The van der Waals surface area contributed by atoms with Crippen LogP contribution in [0.2, 0.25) is 0 Å². The molecule has 0 radical (unpaired) electrons. The molecule has 6 nitrogen and oxygen atoms in total. The zero-order valence-electron chi connectivity index (χ0n) is 20.2. The molecule has 0 bridgehead atoms. The van der Waals surface area contributed by atoms with Crippen molar-refractivity contribution in [2.75, 3.05) is 4.72 Å². The molecular weight excluding hydrogens is 474 g/mol. The largest absolute Gasteiger partial charge is 0.507 e. The number of hydrogen-bond acceptors (Lipinski definition) is 5. The van der Waals surface area contributed by atoms with Crippen LogP contribution in [0.4, 0.5) is 5.69 Å². The summed E-state index contributed by atoms with van der Waals surface area (Å²) in [4.78, 5) is 13.1. The van der Waals surface area contributed by atoms with Crippen molar-refractivity contribution in [1.29, 1.82) is 0 Å². The maximum absolute atomic E-state index is 13.1. The van der Waals surface area contributed by atoms with Gasteiger partial charge >= 0.3 is 5.63 Å². The summed E-state index contributed by atoms with van der Waals surface area (Å²) in [7, 11) is -3.74. The lowest BCUT2D eigenvalue weighted by atomic mass is 9.85. The molecular formula is C29H31NO5S. The van der Waals surface area contributed by atoms with E-state index in [1.807, 2.05) is 36.4 Å². The SMILES string of the molecule is O=c1oc2c(c(O)c1C(c1cccc(NS(=O)(=O)C=Cc3ccccc3)c1)C1CC1)CCCCCC2. The molecule has 2 aliphatic carbocycles. The average molecular weight is 506 g/mol. The molecule has 0 aliphatic heterocycles. The maximum Gasteiger partial charge on any atom is 0.343 e. The van der Waals surface area contributed by atoms with E-state index in [0.29, 0.717) is 29.9 Å². The molecule has 1 atom stereocenters. The Morgan fingerprint density at radius 3 is 2.47 bits per heavy atom. The van der Waals surface area contributed by atoms with E-state index in [-0.39, 0.29) is 17.6 Å². The summed E-state index contributed by atoms with van der Waals surface area (Å²) in [5, 5.41) is 12.4. The number of nitrogens with one attached hydrogen (secondary N) is 1. The highest BCUT2D eigenvalue weighted by Crippen LogP contribution is 2.49. The van der Waals surface area contributed by atoms with Gasteiger partial charge in [0.2, 0.25) is 0 Å². The van der Waals surface area contributed by atoms with Crippen LogP contribution < -0.4 is 10.3 Å². The lowest BCUT2D eigenvalue weighted by Crippen LogP contribution is -2.19. The number of fused-ring (bicyclic) bond motifs is 1. The van der Waals surface area contributed by atoms with Gasteiger partial charge in [0, 0.05) is 23.6 Å². The highest BCUT2D eigenvalue weighted by atomic mass is 32.2. The van der Waals surface area contributed by atoms with Crippen LogP contribution in [0.3, 0.4) is 0 Å². The molecule has 2 N–H and O–H groups in total. The lowest BCUT2D eigenvalue weighted by Gasteiger charge is -2.22. The van der Waals surface area contributed by atoms with Crippen LogP contribution in [0.1, 0.15) is 72.5 Å². The van der Waals surface area contributed by atoms with E-state index < -0.39 is 15.6 Å². The van der Waals surface area contributed by atoms with Gasteiger partial charge in [0.15, 0.2) is 0 Å². The maximum atomic E-state index is 13.1. The summed E-state index contributed by atoms with van der Waals surface area (Å²) >= 11 is 0. The molecule has 1 heterocycles. The second kappa shape index (κ2) is 10.3. The molecule has 3 aromatic rings. The molecule has 0 saturated heterocycles. The lowest BCUT2D eigenvalue weighted by molar-refractivity contribution is 0.382. The first kappa shape index (κ1) is 24.4. The minimum atomic E-state index is -3.74. The smallest absolute Gasteiger partial charge is 0.343 e. The molecule has 0 spiro atoms. The molecule has 1 fully saturated rings. The molecule has 2 aliphatic rings. The van der Waals surface area contributed by atoms with Gasteiger partial charge in [-0.15, -0.1) is 0 Å². The molecule has 1 unspecified atom stereocenters. The molecule has 5 rings (SSSR count). The normalized spacial score (nSPS) is 17.2. The molecule has 36 heavy (non-hydrogen) atoms. The van der Waals surface area contributed by atoms with Gasteiger partial charge in [0.25, 0.3) is 10.0 Å². The van der Waals surface area contributed by atoms with Gasteiger partial charge in [-0.2, -0.15) is 0 Å². The van der Waals surface area contributed by atoms with Gasteiger partial charge in [-0.1, -0.05) is 55.3 Å². The standard InChI is InChI=1S/C29H31NO5S/c31-28-24-13-6-1-2-7-14-25(24)35-29(32)27(28)26(21-15-16-21)22-11-8-12-23(19-22)30-36(33,34)18-17-20-9-4-3-5-10-20/h3-5,8-12,17-19,21,26,30-31H,1-2,6-7,13-16H2. The first-order chi connectivity index (χ1) is 17.4. The van der Waals surface area contributed by atoms with Gasteiger partial charge in [0.05, 0.1) is 11.0 Å². The summed E-state index contributed by atoms with van der Waals surface area (Å²) < 4.78 is 33.8. The Kier molecular flexibility index (Phi) is 7.01. The minimum Gasteiger partial charge on any atom is -0.507 e. The number of aryl methyl sites for hydroxylation is 1. The van der Waals surface area contributed by atoms with Gasteiger partial charge in [-0.25, -0.2) is 13.2 Å². The van der Waals surface area contributed by atoms with Crippen molar-refractivity contribution in [2.45, 2.75) is 57.3 Å². The van der Waals surface area contributed by atoms with Crippen molar-refractivity contribution in [1.82, 2.24) is 0 Å². The third-order valence-electron chi connectivity index (χ3n) is 7.04. The van der Waals surface area contributed by atoms with E-state index in [4.69, 9.17) is 4.42 Å². The van der Waals surface area contributed by atoms with Gasteiger partial charge < -0.3 is 9.52 Å². The number of anilines is 1. The van der Waals surface area contributed by atoms with Gasteiger partial charge in [-0.3, -0.25) is 4.72 Å². The fourth-order valence-electron chi connectivity index (χ4n) is 5.12. The van der Waals surface area contributed by atoms with Crippen molar-refractivity contribution in [2.24, 2.45) is 5.92 Å². The molecule has 1 aromatic heterocycles. The molecule has 0 amide bonds. The number of hydrogen-bond donors (Lipinski definition) is 2. The van der Waals surface area contributed by atoms with E-state index in [1.54, 1.807) is 24.3 Å². The zero-order valence-corrected chi connectivity index (χ0v) is 21.0. The summed E-state index contributed by atoms with van der Waals surface area (Å²) in [5.41, 5.74) is 2.56. The quantitative estimate of drug-likeness (QED) is 0.413. The van der Waals surface area contributed by atoms with Gasteiger partial charge in [-0.05, 0) is 67.4 Å². The minimum absolute atomic E-state index is 0.0665. The number of rotatable bonds is 7. The van der Waals surface area contributed by atoms with Gasteiger partial charge in [0.1, 0.15) is 11.5 Å². The van der Waals surface area contributed by atoms with Crippen LogP contribution >= 0.6 is 0 Å². The monoisotopic (exact) mass is 505 g/mol.